The Balaban J connectivity index is 1.70. The maximum Gasteiger partial charge on any atom is 0.245 e. The monoisotopic (exact) mass is 335 g/mol. The maximum absolute atomic E-state index is 12.0. The van der Waals surface area contributed by atoms with E-state index in [0.717, 1.165) is 28.3 Å². The number of para-hydroxylation sites is 1. The van der Waals surface area contributed by atoms with Gasteiger partial charge < -0.3 is 4.57 Å². The third kappa shape index (κ3) is 3.68. The number of benzene rings is 1. The van der Waals surface area contributed by atoms with Gasteiger partial charge in [0, 0.05) is 24.5 Å². The highest BCUT2D eigenvalue weighted by Crippen LogP contribution is 2.16. The zero-order valence-electron chi connectivity index (χ0n) is 14.6. The molecule has 0 saturated carbocycles. The molecule has 0 aliphatic carbocycles. The van der Waals surface area contributed by atoms with E-state index in [-0.39, 0.29) is 5.91 Å². The molecule has 3 aromatic rings. The number of hydrogen-bond acceptors (Lipinski definition) is 3. The van der Waals surface area contributed by atoms with E-state index < -0.39 is 0 Å². The highest BCUT2D eigenvalue weighted by atomic mass is 16.2. The van der Waals surface area contributed by atoms with Crippen molar-refractivity contribution < 1.29 is 4.79 Å². The number of rotatable bonds is 5. The van der Waals surface area contributed by atoms with Gasteiger partial charge in [0.05, 0.1) is 29.7 Å². The highest BCUT2D eigenvalue weighted by Gasteiger charge is 2.11. The average Bonchev–Trinajstić information content (AvgIpc) is 3.13. The van der Waals surface area contributed by atoms with Crippen LogP contribution in [0.2, 0.25) is 0 Å². The number of nitrogens with zero attached hydrogens (tertiary/aromatic N) is 4. The Labute approximate surface area is 146 Å². The van der Waals surface area contributed by atoms with Gasteiger partial charge in [-0.25, -0.2) is 10.1 Å². The fraction of sp³-hybridized carbons (Fsp3) is 0.211. The first-order valence-electron chi connectivity index (χ1n) is 8.10. The normalized spacial score (nSPS) is 11.2. The van der Waals surface area contributed by atoms with Gasteiger partial charge in [-0.15, -0.1) is 0 Å². The van der Waals surface area contributed by atoms with Crippen LogP contribution in [0.15, 0.2) is 53.8 Å². The van der Waals surface area contributed by atoms with Crippen molar-refractivity contribution in [3.8, 4) is 5.69 Å². The minimum Gasteiger partial charge on any atom is -0.354 e. The number of carbonyl (C=O) groups excluding carboxylic acids is 1. The molecule has 0 spiro atoms. The molecular weight excluding hydrogens is 314 g/mol. The molecule has 0 unspecified atom stereocenters. The SMILES string of the molecule is Cc1nn(-c2ccccc2)c(C)c1/C=N\NC(=O)Cc1cccn1C. The fourth-order valence-corrected chi connectivity index (χ4v) is 2.72. The second-order valence-electron chi connectivity index (χ2n) is 5.91. The van der Waals surface area contributed by atoms with Crippen molar-refractivity contribution in [1.29, 1.82) is 0 Å². The molecule has 0 aliphatic heterocycles. The quantitative estimate of drug-likeness (QED) is 0.575. The van der Waals surface area contributed by atoms with E-state index in [4.69, 9.17) is 0 Å². The van der Waals surface area contributed by atoms with Gasteiger partial charge in [-0.3, -0.25) is 4.79 Å². The van der Waals surface area contributed by atoms with E-state index in [9.17, 15) is 4.79 Å². The molecule has 6 nitrogen and oxygen atoms in total. The average molecular weight is 335 g/mol. The number of aryl methyl sites for hydroxylation is 2. The van der Waals surface area contributed by atoms with Gasteiger partial charge in [-0.05, 0) is 38.1 Å². The third-order valence-electron chi connectivity index (χ3n) is 4.12. The summed E-state index contributed by atoms with van der Waals surface area (Å²) < 4.78 is 3.80. The lowest BCUT2D eigenvalue weighted by Gasteiger charge is -2.04. The topological polar surface area (TPSA) is 64.2 Å². The minimum atomic E-state index is -0.149. The summed E-state index contributed by atoms with van der Waals surface area (Å²) in [5.74, 6) is -0.149. The van der Waals surface area contributed by atoms with E-state index in [1.165, 1.54) is 0 Å². The van der Waals surface area contributed by atoms with Crippen LogP contribution in [0.4, 0.5) is 0 Å². The van der Waals surface area contributed by atoms with Crippen molar-refractivity contribution in [2.24, 2.45) is 12.1 Å². The van der Waals surface area contributed by atoms with Crippen LogP contribution in [-0.2, 0) is 18.3 Å². The molecule has 128 valence electrons. The van der Waals surface area contributed by atoms with Crippen LogP contribution >= 0.6 is 0 Å². The smallest absolute Gasteiger partial charge is 0.245 e. The zero-order valence-corrected chi connectivity index (χ0v) is 14.6. The zero-order chi connectivity index (χ0) is 17.8. The summed E-state index contributed by atoms with van der Waals surface area (Å²) >= 11 is 0. The number of hydrazone groups is 1. The van der Waals surface area contributed by atoms with Crippen molar-refractivity contribution in [1.82, 2.24) is 19.8 Å². The molecule has 0 atom stereocenters. The largest absolute Gasteiger partial charge is 0.354 e. The maximum atomic E-state index is 12.0. The Bertz CT molecular complexity index is 905. The van der Waals surface area contributed by atoms with Crippen molar-refractivity contribution in [3.05, 3.63) is 71.3 Å². The number of amides is 1. The number of carbonyl (C=O) groups is 1. The molecule has 0 aliphatic rings. The first-order chi connectivity index (χ1) is 12.1. The van der Waals surface area contributed by atoms with Crippen LogP contribution in [0.5, 0.6) is 0 Å². The summed E-state index contributed by atoms with van der Waals surface area (Å²) in [5.41, 5.74) is 7.26. The molecule has 2 heterocycles. The van der Waals surface area contributed by atoms with Crippen LogP contribution < -0.4 is 5.43 Å². The first-order valence-corrected chi connectivity index (χ1v) is 8.10. The summed E-state index contributed by atoms with van der Waals surface area (Å²) in [6.07, 6.45) is 3.86. The van der Waals surface area contributed by atoms with Crippen molar-refractivity contribution in [2.75, 3.05) is 0 Å². The molecule has 25 heavy (non-hydrogen) atoms. The minimum absolute atomic E-state index is 0.149. The van der Waals surface area contributed by atoms with Gasteiger partial charge >= 0.3 is 0 Å². The molecule has 0 saturated heterocycles. The summed E-state index contributed by atoms with van der Waals surface area (Å²) in [6, 6.07) is 13.8. The summed E-state index contributed by atoms with van der Waals surface area (Å²) in [5, 5.41) is 8.65. The Kier molecular flexibility index (Phi) is 4.79. The Morgan fingerprint density at radius 2 is 1.96 bits per heavy atom. The molecule has 2 aromatic heterocycles. The molecule has 1 amide bonds. The van der Waals surface area contributed by atoms with Gasteiger partial charge in [0.1, 0.15) is 0 Å². The molecule has 0 radical (unpaired) electrons. The summed E-state index contributed by atoms with van der Waals surface area (Å²) in [6.45, 7) is 3.92. The van der Waals surface area contributed by atoms with E-state index in [1.54, 1.807) is 6.21 Å². The van der Waals surface area contributed by atoms with Gasteiger partial charge in [0.15, 0.2) is 0 Å². The van der Waals surface area contributed by atoms with Crippen molar-refractivity contribution in [3.63, 3.8) is 0 Å². The van der Waals surface area contributed by atoms with Gasteiger partial charge in [-0.2, -0.15) is 10.2 Å². The molecule has 3 rings (SSSR count). The van der Waals surface area contributed by atoms with Crippen LogP contribution in [-0.4, -0.2) is 26.5 Å². The molecule has 0 fully saturated rings. The van der Waals surface area contributed by atoms with Crippen LogP contribution in [0.3, 0.4) is 0 Å². The standard InChI is InChI=1S/C19H21N5O/c1-14-18(15(2)24(22-14)16-8-5-4-6-9-16)13-20-21-19(25)12-17-10-7-11-23(17)3/h4-11,13H,12H2,1-3H3,(H,21,25)/b20-13-. The lowest BCUT2D eigenvalue weighted by Crippen LogP contribution is -2.21. The molecular formula is C19H21N5O. The number of aromatic nitrogens is 3. The predicted molar refractivity (Wildman–Crippen MR) is 97.9 cm³/mol. The molecule has 6 heteroatoms. The van der Waals surface area contributed by atoms with E-state index in [1.807, 2.05) is 78.8 Å². The molecule has 0 bridgehead atoms. The van der Waals surface area contributed by atoms with Crippen molar-refractivity contribution in [2.45, 2.75) is 20.3 Å². The van der Waals surface area contributed by atoms with Gasteiger partial charge in [0.25, 0.3) is 0 Å². The van der Waals surface area contributed by atoms with Gasteiger partial charge in [-0.1, -0.05) is 18.2 Å². The second kappa shape index (κ2) is 7.17. The summed E-state index contributed by atoms with van der Waals surface area (Å²) in [4.78, 5) is 12.0. The molecule has 1 N–H and O–H groups in total. The van der Waals surface area contributed by atoms with E-state index in [0.29, 0.717) is 6.42 Å². The number of hydrogen-bond donors (Lipinski definition) is 1. The second-order valence-corrected chi connectivity index (χ2v) is 5.91. The van der Waals surface area contributed by atoms with Gasteiger partial charge in [0.2, 0.25) is 5.91 Å². The first kappa shape index (κ1) is 16.7. The fourth-order valence-electron chi connectivity index (χ4n) is 2.72. The highest BCUT2D eigenvalue weighted by molar-refractivity contribution is 5.85. The number of nitrogens with one attached hydrogen (secondary N) is 1. The Morgan fingerprint density at radius 1 is 1.20 bits per heavy atom. The van der Waals surface area contributed by atoms with Crippen LogP contribution in [0.25, 0.3) is 5.69 Å². The Hall–Kier alpha value is -3.15. The van der Waals surface area contributed by atoms with Crippen LogP contribution in [0.1, 0.15) is 22.6 Å². The lowest BCUT2D eigenvalue weighted by atomic mass is 10.2. The predicted octanol–water partition coefficient (Wildman–Crippen LogP) is 2.52. The Morgan fingerprint density at radius 3 is 2.64 bits per heavy atom. The third-order valence-corrected chi connectivity index (χ3v) is 4.12. The molecule has 1 aromatic carbocycles. The van der Waals surface area contributed by atoms with Crippen molar-refractivity contribution >= 4 is 12.1 Å². The van der Waals surface area contributed by atoms with E-state index >= 15 is 0 Å². The van der Waals surface area contributed by atoms with E-state index in [2.05, 4.69) is 15.6 Å². The summed E-state index contributed by atoms with van der Waals surface area (Å²) in [7, 11) is 1.91. The van der Waals surface area contributed by atoms with Crippen LogP contribution in [0, 0.1) is 13.8 Å². The lowest BCUT2D eigenvalue weighted by molar-refractivity contribution is -0.120.